The Morgan fingerprint density at radius 1 is 1.30 bits per heavy atom. The van der Waals surface area contributed by atoms with Crippen LogP contribution in [0, 0.1) is 11.7 Å². The number of phenols is 1. The van der Waals surface area contributed by atoms with Gasteiger partial charge < -0.3 is 19.6 Å². The molecule has 4 rings (SSSR count). The molecule has 0 atom stereocenters. The molecule has 0 aliphatic carbocycles. The van der Waals surface area contributed by atoms with Gasteiger partial charge in [-0.15, -0.1) is 0 Å². The van der Waals surface area contributed by atoms with Crippen LogP contribution in [0.2, 0.25) is 0 Å². The van der Waals surface area contributed by atoms with Gasteiger partial charge in [0, 0.05) is 11.8 Å². The Morgan fingerprint density at radius 2 is 2.11 bits per heavy atom. The number of aryl methyl sites for hydroxylation is 1. The number of hydrogen-bond donors (Lipinski definition) is 2. The maximum Gasteiger partial charge on any atom is 0.165 e. The number of benzene rings is 1. The number of phenolic OH excluding ortho intramolecular Hbond substituents is 1. The van der Waals surface area contributed by atoms with Gasteiger partial charge in [0.25, 0.3) is 0 Å². The third kappa shape index (κ3) is 3.62. The van der Waals surface area contributed by atoms with Crippen LogP contribution >= 0.6 is 0 Å². The predicted octanol–water partition coefficient (Wildman–Crippen LogP) is 3.79. The van der Waals surface area contributed by atoms with Crippen LogP contribution in [-0.2, 0) is 6.42 Å². The SMILES string of the molecule is CCc1cc(O)c(F)cc1-c1cc(OCC2CCNCC2)c2cncn2c1. The molecule has 2 N–H and O–H groups in total. The van der Waals surface area contributed by atoms with Gasteiger partial charge in [0.15, 0.2) is 11.6 Å². The zero-order valence-electron chi connectivity index (χ0n) is 15.4. The predicted molar refractivity (Wildman–Crippen MR) is 103 cm³/mol. The highest BCUT2D eigenvalue weighted by atomic mass is 19.1. The number of rotatable bonds is 5. The molecule has 3 aromatic rings. The van der Waals surface area contributed by atoms with Gasteiger partial charge in [-0.2, -0.15) is 0 Å². The fourth-order valence-corrected chi connectivity index (χ4v) is 3.69. The lowest BCUT2D eigenvalue weighted by molar-refractivity contribution is 0.216. The number of pyridine rings is 1. The molecule has 0 amide bonds. The highest BCUT2D eigenvalue weighted by molar-refractivity contribution is 5.73. The molecule has 0 spiro atoms. The number of nitrogens with one attached hydrogen (secondary N) is 1. The van der Waals surface area contributed by atoms with E-state index in [0.717, 1.165) is 53.9 Å². The lowest BCUT2D eigenvalue weighted by atomic mass is 9.98. The molecular weight excluding hydrogens is 345 g/mol. The second kappa shape index (κ2) is 7.56. The first-order valence-electron chi connectivity index (χ1n) is 9.46. The summed E-state index contributed by atoms with van der Waals surface area (Å²) >= 11 is 0. The monoisotopic (exact) mass is 369 g/mol. The van der Waals surface area contributed by atoms with Crippen molar-refractivity contribution >= 4 is 5.52 Å². The van der Waals surface area contributed by atoms with Crippen molar-refractivity contribution < 1.29 is 14.2 Å². The number of ether oxygens (including phenoxy) is 1. The van der Waals surface area contributed by atoms with E-state index >= 15 is 0 Å². The smallest absolute Gasteiger partial charge is 0.165 e. The zero-order valence-corrected chi connectivity index (χ0v) is 15.4. The highest BCUT2D eigenvalue weighted by Crippen LogP contribution is 2.33. The number of piperidine rings is 1. The Bertz CT molecular complexity index is 948. The first-order valence-corrected chi connectivity index (χ1v) is 9.46. The quantitative estimate of drug-likeness (QED) is 0.718. The number of halogens is 1. The molecule has 6 heteroatoms. The lowest BCUT2D eigenvalue weighted by Gasteiger charge is -2.23. The Hall–Kier alpha value is -2.60. The third-order valence-electron chi connectivity index (χ3n) is 5.28. The molecule has 0 radical (unpaired) electrons. The standard InChI is InChI=1S/C21H24FN3O2/c1-2-15-7-20(26)18(22)9-17(15)16-8-21(19-10-24-13-25(19)11-16)27-12-14-3-5-23-6-4-14/h7-11,13-14,23,26H,2-6,12H2,1H3. The van der Waals surface area contributed by atoms with Gasteiger partial charge in [-0.25, -0.2) is 9.37 Å². The van der Waals surface area contributed by atoms with E-state index in [1.807, 2.05) is 23.6 Å². The lowest BCUT2D eigenvalue weighted by Crippen LogP contribution is -2.30. The molecule has 0 saturated carbocycles. The van der Waals surface area contributed by atoms with Gasteiger partial charge >= 0.3 is 0 Å². The van der Waals surface area contributed by atoms with Crippen molar-refractivity contribution in [3.05, 3.63) is 48.3 Å². The van der Waals surface area contributed by atoms with Crippen LogP contribution in [0.15, 0.2) is 36.9 Å². The van der Waals surface area contributed by atoms with Gasteiger partial charge in [-0.05, 0) is 67.6 Å². The van der Waals surface area contributed by atoms with Gasteiger partial charge in [0.2, 0.25) is 0 Å². The number of hydrogen-bond acceptors (Lipinski definition) is 4. The Balaban J connectivity index is 1.71. The van der Waals surface area contributed by atoms with E-state index in [1.54, 1.807) is 12.5 Å². The average Bonchev–Trinajstić information content (AvgIpc) is 3.17. The summed E-state index contributed by atoms with van der Waals surface area (Å²) in [5.41, 5.74) is 3.38. The molecule has 1 saturated heterocycles. The Morgan fingerprint density at radius 3 is 2.89 bits per heavy atom. The molecule has 1 fully saturated rings. The highest BCUT2D eigenvalue weighted by Gasteiger charge is 2.17. The van der Waals surface area contributed by atoms with E-state index < -0.39 is 5.82 Å². The number of nitrogens with zero attached hydrogens (tertiary/aromatic N) is 2. The van der Waals surface area contributed by atoms with Crippen molar-refractivity contribution in [1.82, 2.24) is 14.7 Å². The van der Waals surface area contributed by atoms with Gasteiger partial charge in [-0.3, -0.25) is 0 Å². The number of fused-ring (bicyclic) bond motifs is 1. The summed E-state index contributed by atoms with van der Waals surface area (Å²) in [6.07, 6.45) is 8.33. The molecule has 3 heterocycles. The molecule has 0 unspecified atom stereocenters. The van der Waals surface area contributed by atoms with E-state index in [0.29, 0.717) is 18.9 Å². The van der Waals surface area contributed by atoms with Gasteiger partial charge in [0.05, 0.1) is 19.1 Å². The average molecular weight is 369 g/mol. The first-order chi connectivity index (χ1) is 13.2. The Kier molecular flexibility index (Phi) is 4.99. The van der Waals surface area contributed by atoms with Crippen molar-refractivity contribution in [1.29, 1.82) is 0 Å². The number of aromatic nitrogens is 2. The minimum absolute atomic E-state index is 0.318. The minimum atomic E-state index is -0.620. The van der Waals surface area contributed by atoms with Crippen LogP contribution in [0.25, 0.3) is 16.6 Å². The summed E-state index contributed by atoms with van der Waals surface area (Å²) in [6.45, 7) is 4.71. The zero-order chi connectivity index (χ0) is 18.8. The van der Waals surface area contributed by atoms with E-state index in [1.165, 1.54) is 12.1 Å². The summed E-state index contributed by atoms with van der Waals surface area (Å²) in [7, 11) is 0. The van der Waals surface area contributed by atoms with Gasteiger partial charge in [-0.1, -0.05) is 6.92 Å². The first kappa shape index (κ1) is 17.8. The molecule has 0 bridgehead atoms. The summed E-state index contributed by atoms with van der Waals surface area (Å²) in [5, 5.41) is 13.1. The molecule has 1 aliphatic heterocycles. The van der Waals surface area contributed by atoms with Crippen LogP contribution in [-0.4, -0.2) is 34.2 Å². The van der Waals surface area contributed by atoms with E-state index in [2.05, 4.69) is 10.3 Å². The van der Waals surface area contributed by atoms with Crippen molar-refractivity contribution in [3.63, 3.8) is 0 Å². The van der Waals surface area contributed by atoms with Crippen LogP contribution < -0.4 is 10.1 Å². The molecule has 5 nitrogen and oxygen atoms in total. The van der Waals surface area contributed by atoms with Crippen LogP contribution in [0.4, 0.5) is 4.39 Å². The molecular formula is C21H24FN3O2. The third-order valence-corrected chi connectivity index (χ3v) is 5.28. The van der Waals surface area contributed by atoms with Crippen LogP contribution in [0.5, 0.6) is 11.5 Å². The summed E-state index contributed by atoms with van der Waals surface area (Å²) in [4.78, 5) is 4.22. The maximum absolute atomic E-state index is 14.0. The maximum atomic E-state index is 14.0. The molecule has 142 valence electrons. The van der Waals surface area contributed by atoms with E-state index in [-0.39, 0.29) is 5.75 Å². The molecule has 1 aromatic carbocycles. The van der Waals surface area contributed by atoms with Crippen LogP contribution in [0.3, 0.4) is 0 Å². The topological polar surface area (TPSA) is 58.8 Å². The van der Waals surface area contributed by atoms with Gasteiger partial charge in [0.1, 0.15) is 11.3 Å². The fourth-order valence-electron chi connectivity index (χ4n) is 3.69. The largest absolute Gasteiger partial charge is 0.505 e. The van der Waals surface area contributed by atoms with Crippen molar-refractivity contribution in [2.45, 2.75) is 26.2 Å². The number of aromatic hydroxyl groups is 1. The molecule has 1 aliphatic rings. The molecule has 27 heavy (non-hydrogen) atoms. The fraction of sp³-hybridized carbons (Fsp3) is 0.381. The Labute approximate surface area is 157 Å². The number of imidazole rings is 1. The summed E-state index contributed by atoms with van der Waals surface area (Å²) < 4.78 is 22.1. The van der Waals surface area contributed by atoms with Crippen molar-refractivity contribution in [3.8, 4) is 22.6 Å². The van der Waals surface area contributed by atoms with E-state index in [9.17, 15) is 9.50 Å². The van der Waals surface area contributed by atoms with Crippen LogP contribution in [0.1, 0.15) is 25.3 Å². The van der Waals surface area contributed by atoms with Crippen molar-refractivity contribution in [2.75, 3.05) is 19.7 Å². The second-order valence-corrected chi connectivity index (χ2v) is 7.10. The minimum Gasteiger partial charge on any atom is -0.505 e. The summed E-state index contributed by atoms with van der Waals surface area (Å²) in [5.74, 6) is 0.348. The molecule has 2 aromatic heterocycles. The normalized spacial score (nSPS) is 15.3. The summed E-state index contributed by atoms with van der Waals surface area (Å²) in [6, 6.07) is 4.84. The second-order valence-electron chi connectivity index (χ2n) is 7.10. The van der Waals surface area contributed by atoms with Crippen molar-refractivity contribution in [2.24, 2.45) is 5.92 Å². The van der Waals surface area contributed by atoms with E-state index in [4.69, 9.17) is 4.74 Å².